The van der Waals surface area contributed by atoms with Crippen molar-refractivity contribution in [1.82, 2.24) is 4.98 Å². The molecule has 1 saturated heterocycles. The Balaban J connectivity index is 1.83. The van der Waals surface area contributed by atoms with E-state index in [1.165, 1.54) is 6.07 Å². The highest BCUT2D eigenvalue weighted by atomic mass is 79.9. The van der Waals surface area contributed by atoms with Gasteiger partial charge >= 0.3 is 6.18 Å². The van der Waals surface area contributed by atoms with Crippen LogP contribution in [0.4, 0.5) is 24.5 Å². The number of pyridine rings is 1. The standard InChI is InChI=1S/C23H20BrF3N4O2S/c1-2-14-12-15(4-5-18(14)33-11-9-24)31-21(34)30(20(32)22(31)7-3-8-22)17-6-10-29-16(13-28)19(17)23(25,26)27/h4-6,10,12H,2-3,7-9,11H2,1H3. The molecule has 11 heteroatoms. The highest BCUT2D eigenvalue weighted by Crippen LogP contribution is 2.50. The van der Waals surface area contributed by atoms with Crippen molar-refractivity contribution in [3.05, 3.63) is 47.3 Å². The summed E-state index contributed by atoms with van der Waals surface area (Å²) in [6, 6.07) is 7.99. The van der Waals surface area contributed by atoms with Gasteiger partial charge in [0.05, 0.1) is 12.3 Å². The van der Waals surface area contributed by atoms with E-state index in [-0.39, 0.29) is 5.11 Å². The third-order valence-corrected chi connectivity index (χ3v) is 6.86. The molecule has 2 fully saturated rings. The van der Waals surface area contributed by atoms with Crippen molar-refractivity contribution in [3.63, 3.8) is 0 Å². The number of carbonyl (C=O) groups is 1. The molecule has 0 atom stereocenters. The summed E-state index contributed by atoms with van der Waals surface area (Å²) < 4.78 is 47.6. The Hall–Kier alpha value is -2.71. The zero-order chi connectivity index (χ0) is 24.7. The van der Waals surface area contributed by atoms with Crippen LogP contribution in [0.3, 0.4) is 0 Å². The lowest BCUT2D eigenvalue weighted by Crippen LogP contribution is -2.55. The number of alkyl halides is 4. The van der Waals surface area contributed by atoms with Crippen molar-refractivity contribution in [1.29, 1.82) is 5.26 Å². The van der Waals surface area contributed by atoms with Gasteiger partial charge in [-0.1, -0.05) is 22.9 Å². The van der Waals surface area contributed by atoms with E-state index >= 15 is 0 Å². The fourth-order valence-electron chi connectivity index (χ4n) is 4.47. The summed E-state index contributed by atoms with van der Waals surface area (Å²) in [7, 11) is 0. The van der Waals surface area contributed by atoms with Crippen molar-refractivity contribution in [3.8, 4) is 11.8 Å². The van der Waals surface area contributed by atoms with Crippen LogP contribution in [-0.4, -0.2) is 33.5 Å². The maximum absolute atomic E-state index is 14.0. The molecule has 0 unspecified atom stereocenters. The van der Waals surface area contributed by atoms with Gasteiger partial charge in [-0.05, 0) is 67.7 Å². The van der Waals surface area contributed by atoms with Crippen molar-refractivity contribution >= 4 is 50.5 Å². The molecule has 1 amide bonds. The minimum atomic E-state index is -4.89. The summed E-state index contributed by atoms with van der Waals surface area (Å²) in [5.41, 5.74) is -2.09. The number of hydrogen-bond acceptors (Lipinski definition) is 5. The minimum Gasteiger partial charge on any atom is -0.492 e. The van der Waals surface area contributed by atoms with Crippen molar-refractivity contribution in [2.45, 2.75) is 44.3 Å². The van der Waals surface area contributed by atoms with Crippen molar-refractivity contribution in [2.75, 3.05) is 21.7 Å². The number of rotatable bonds is 6. The molecule has 2 heterocycles. The van der Waals surface area contributed by atoms with Gasteiger partial charge in [-0.25, -0.2) is 4.98 Å². The van der Waals surface area contributed by atoms with Gasteiger partial charge in [0.25, 0.3) is 5.91 Å². The van der Waals surface area contributed by atoms with Crippen LogP contribution < -0.4 is 14.5 Å². The fraction of sp³-hybridized carbons (Fsp3) is 0.391. The van der Waals surface area contributed by atoms with Gasteiger partial charge in [0, 0.05) is 17.2 Å². The molecule has 6 nitrogen and oxygen atoms in total. The quantitative estimate of drug-likeness (QED) is 0.354. The van der Waals surface area contributed by atoms with E-state index in [1.807, 2.05) is 13.0 Å². The maximum Gasteiger partial charge on any atom is 0.421 e. The summed E-state index contributed by atoms with van der Waals surface area (Å²) in [5, 5.41) is 9.85. The first-order valence-electron chi connectivity index (χ1n) is 10.7. The Morgan fingerprint density at radius 3 is 2.62 bits per heavy atom. The lowest BCUT2D eigenvalue weighted by Gasteiger charge is -2.43. The SMILES string of the molecule is CCc1cc(N2C(=S)N(c3ccnc(C#N)c3C(F)(F)F)C(=O)C23CCC3)ccc1OCCBr. The molecule has 2 aromatic rings. The second-order valence-corrected chi connectivity index (χ2v) is 9.15. The monoisotopic (exact) mass is 552 g/mol. The Morgan fingerprint density at radius 1 is 1.32 bits per heavy atom. The molecule has 1 aliphatic carbocycles. The number of aromatic nitrogens is 1. The molecule has 1 aromatic carbocycles. The van der Waals surface area contributed by atoms with Gasteiger partial charge < -0.3 is 9.64 Å². The predicted molar refractivity (Wildman–Crippen MR) is 128 cm³/mol. The van der Waals surface area contributed by atoms with E-state index in [0.717, 1.165) is 29.1 Å². The number of nitrogens with zero attached hydrogens (tertiary/aromatic N) is 4. The van der Waals surface area contributed by atoms with E-state index in [9.17, 15) is 23.2 Å². The van der Waals surface area contributed by atoms with E-state index in [1.54, 1.807) is 17.0 Å². The molecule has 34 heavy (non-hydrogen) atoms. The Morgan fingerprint density at radius 2 is 2.06 bits per heavy atom. The van der Waals surface area contributed by atoms with Crippen LogP contribution in [-0.2, 0) is 17.4 Å². The Labute approximate surface area is 208 Å². The van der Waals surface area contributed by atoms with Crippen molar-refractivity contribution < 1.29 is 22.7 Å². The molecular formula is C23H20BrF3N4O2S. The molecule has 0 bridgehead atoms. The largest absolute Gasteiger partial charge is 0.492 e. The fourth-order valence-corrected chi connectivity index (χ4v) is 5.09. The van der Waals surface area contributed by atoms with Crippen LogP contribution in [0.15, 0.2) is 30.5 Å². The Bertz CT molecular complexity index is 1190. The summed E-state index contributed by atoms with van der Waals surface area (Å²) in [4.78, 5) is 19.8. The van der Waals surface area contributed by atoms with E-state index < -0.39 is 34.6 Å². The number of amides is 1. The number of aryl methyl sites for hydroxylation is 1. The van der Waals surface area contributed by atoms with E-state index in [4.69, 9.17) is 17.0 Å². The third-order valence-electron chi connectivity index (χ3n) is 6.17. The molecule has 2 aliphatic rings. The minimum absolute atomic E-state index is 0.0542. The summed E-state index contributed by atoms with van der Waals surface area (Å²) >= 11 is 8.95. The average molecular weight is 553 g/mol. The zero-order valence-electron chi connectivity index (χ0n) is 18.2. The summed E-state index contributed by atoms with van der Waals surface area (Å²) in [5.74, 6) is 0.177. The number of halogens is 4. The summed E-state index contributed by atoms with van der Waals surface area (Å²) in [6.07, 6.45) is -1.48. The third kappa shape index (κ3) is 3.82. The number of thiocarbonyl (C=S) groups is 1. The van der Waals surface area contributed by atoms with Gasteiger partial charge in [0.15, 0.2) is 10.8 Å². The molecule has 1 aromatic heterocycles. The van der Waals surface area contributed by atoms with Gasteiger partial charge in [-0.3, -0.25) is 9.69 Å². The van der Waals surface area contributed by atoms with E-state index in [2.05, 4.69) is 20.9 Å². The molecule has 1 aliphatic heterocycles. The van der Waals surface area contributed by atoms with Gasteiger partial charge in [0.2, 0.25) is 0 Å². The van der Waals surface area contributed by atoms with Gasteiger partial charge in [-0.15, -0.1) is 0 Å². The van der Waals surface area contributed by atoms with Gasteiger partial charge in [0.1, 0.15) is 22.9 Å². The predicted octanol–water partition coefficient (Wildman–Crippen LogP) is 5.37. The first-order valence-corrected chi connectivity index (χ1v) is 12.2. The van der Waals surface area contributed by atoms with Crippen LogP contribution in [0.2, 0.25) is 0 Å². The normalized spacial score (nSPS) is 17.2. The molecule has 178 valence electrons. The number of nitriles is 1. The van der Waals surface area contributed by atoms with E-state index in [0.29, 0.717) is 42.6 Å². The number of benzene rings is 1. The number of ether oxygens (including phenoxy) is 1. The molecule has 1 spiro atoms. The number of anilines is 2. The molecule has 4 rings (SSSR count). The smallest absolute Gasteiger partial charge is 0.421 e. The number of hydrogen-bond donors (Lipinski definition) is 0. The van der Waals surface area contributed by atoms with Crippen LogP contribution >= 0.6 is 28.1 Å². The van der Waals surface area contributed by atoms with Crippen LogP contribution in [0, 0.1) is 11.3 Å². The average Bonchev–Trinajstić information content (AvgIpc) is 3.02. The van der Waals surface area contributed by atoms with Crippen LogP contribution in [0.5, 0.6) is 5.75 Å². The van der Waals surface area contributed by atoms with Crippen molar-refractivity contribution in [2.24, 2.45) is 0 Å². The first kappa shape index (κ1) is 24.4. The molecule has 0 N–H and O–H groups in total. The maximum atomic E-state index is 14.0. The molecule has 0 radical (unpaired) electrons. The first-order chi connectivity index (χ1) is 16.2. The van der Waals surface area contributed by atoms with Gasteiger partial charge in [-0.2, -0.15) is 18.4 Å². The Kier molecular flexibility index (Phi) is 6.57. The second-order valence-electron chi connectivity index (χ2n) is 7.99. The molecular weight excluding hydrogens is 533 g/mol. The number of carbonyl (C=O) groups excluding carboxylic acids is 1. The molecule has 1 saturated carbocycles. The highest BCUT2D eigenvalue weighted by molar-refractivity contribution is 9.09. The summed E-state index contributed by atoms with van der Waals surface area (Å²) in [6.45, 7) is 2.45. The highest BCUT2D eigenvalue weighted by Gasteiger charge is 2.60. The van der Waals surface area contributed by atoms with Crippen LogP contribution in [0.25, 0.3) is 0 Å². The van der Waals surface area contributed by atoms with Crippen LogP contribution in [0.1, 0.15) is 43.0 Å². The lowest BCUT2D eigenvalue weighted by molar-refractivity contribution is -0.137. The zero-order valence-corrected chi connectivity index (χ0v) is 20.6. The second kappa shape index (κ2) is 9.15. The topological polar surface area (TPSA) is 69.5 Å². The lowest BCUT2D eigenvalue weighted by atomic mass is 9.75.